The predicted molar refractivity (Wildman–Crippen MR) is 114 cm³/mol. The second kappa shape index (κ2) is 7.69. The number of thioether (sulfide) groups is 1. The first kappa shape index (κ1) is 17.9. The lowest BCUT2D eigenvalue weighted by molar-refractivity contribution is 0.885. The van der Waals surface area contributed by atoms with Crippen molar-refractivity contribution in [1.82, 2.24) is 29.1 Å². The van der Waals surface area contributed by atoms with Gasteiger partial charge in [-0.3, -0.25) is 9.55 Å². The van der Waals surface area contributed by atoms with Crippen molar-refractivity contribution in [2.24, 2.45) is 0 Å². The number of hydrogen-bond donors (Lipinski definition) is 0. The van der Waals surface area contributed by atoms with Gasteiger partial charge in [0.2, 0.25) is 0 Å². The molecule has 5 rings (SSSR count). The Kier molecular flexibility index (Phi) is 4.75. The van der Waals surface area contributed by atoms with Gasteiger partial charge in [0.05, 0.1) is 5.69 Å². The van der Waals surface area contributed by atoms with Gasteiger partial charge in [0.15, 0.2) is 11.0 Å². The molecule has 0 aliphatic rings. The van der Waals surface area contributed by atoms with Gasteiger partial charge >= 0.3 is 0 Å². The van der Waals surface area contributed by atoms with Crippen LogP contribution in [0, 0.1) is 0 Å². The van der Waals surface area contributed by atoms with E-state index in [9.17, 15) is 0 Å². The van der Waals surface area contributed by atoms with E-state index in [1.54, 1.807) is 24.2 Å². The number of benzene rings is 1. The molecule has 8 heteroatoms. The monoisotopic (exact) mass is 418 g/mol. The standard InChI is InChI=1S/C21H15ClN6S/c22-16-4-6-18(7-5-16)28-20(15-8-10-23-11-9-15)25-26-21(28)29-14-17-13-27-12-2-1-3-19(27)24-17/h1-13H,14H2. The van der Waals surface area contributed by atoms with Crippen LogP contribution in [0.1, 0.15) is 5.69 Å². The molecule has 0 spiro atoms. The molecule has 4 aromatic heterocycles. The van der Waals surface area contributed by atoms with Crippen LogP contribution in [0.5, 0.6) is 0 Å². The van der Waals surface area contributed by atoms with Gasteiger partial charge in [0, 0.05) is 46.8 Å². The third-order valence-electron chi connectivity index (χ3n) is 4.42. The summed E-state index contributed by atoms with van der Waals surface area (Å²) < 4.78 is 4.05. The van der Waals surface area contributed by atoms with Crippen molar-refractivity contribution in [1.29, 1.82) is 0 Å². The van der Waals surface area contributed by atoms with Crippen LogP contribution < -0.4 is 0 Å². The second-order valence-corrected chi connectivity index (χ2v) is 7.72. The molecule has 142 valence electrons. The summed E-state index contributed by atoms with van der Waals surface area (Å²) in [5, 5.41) is 10.4. The third-order valence-corrected chi connectivity index (χ3v) is 5.63. The number of pyridine rings is 2. The van der Waals surface area contributed by atoms with E-state index >= 15 is 0 Å². The average Bonchev–Trinajstić information content (AvgIpc) is 3.37. The summed E-state index contributed by atoms with van der Waals surface area (Å²) >= 11 is 7.68. The fraction of sp³-hybridized carbons (Fsp3) is 0.0476. The van der Waals surface area contributed by atoms with E-state index < -0.39 is 0 Å². The van der Waals surface area contributed by atoms with Crippen LogP contribution in [0.3, 0.4) is 0 Å². The normalized spacial score (nSPS) is 11.2. The summed E-state index contributed by atoms with van der Waals surface area (Å²) in [5.74, 6) is 1.44. The summed E-state index contributed by atoms with van der Waals surface area (Å²) in [6.07, 6.45) is 7.53. The molecule has 0 atom stereocenters. The first-order valence-electron chi connectivity index (χ1n) is 8.95. The predicted octanol–water partition coefficient (Wildman–Crippen LogP) is 4.92. The molecule has 0 unspecified atom stereocenters. The Bertz CT molecular complexity index is 1230. The van der Waals surface area contributed by atoms with E-state index in [-0.39, 0.29) is 0 Å². The van der Waals surface area contributed by atoms with Gasteiger partial charge in [-0.2, -0.15) is 0 Å². The number of halogens is 1. The molecule has 6 nitrogen and oxygen atoms in total. The van der Waals surface area contributed by atoms with Gasteiger partial charge in [0.25, 0.3) is 0 Å². The summed E-state index contributed by atoms with van der Waals surface area (Å²) in [5.41, 5.74) is 3.81. The molecule has 0 saturated carbocycles. The first-order valence-corrected chi connectivity index (χ1v) is 10.3. The highest BCUT2D eigenvalue weighted by molar-refractivity contribution is 7.98. The van der Waals surface area contributed by atoms with E-state index in [0.29, 0.717) is 10.8 Å². The molecule has 1 aromatic carbocycles. The van der Waals surface area contributed by atoms with Crippen molar-refractivity contribution >= 4 is 29.0 Å². The van der Waals surface area contributed by atoms with Gasteiger partial charge in [-0.15, -0.1) is 10.2 Å². The van der Waals surface area contributed by atoms with Crippen molar-refractivity contribution in [3.05, 3.63) is 90.1 Å². The fourth-order valence-corrected chi connectivity index (χ4v) is 4.03. The summed E-state index contributed by atoms with van der Waals surface area (Å²) in [7, 11) is 0. The first-order chi connectivity index (χ1) is 14.3. The molecule has 5 aromatic rings. The molecule has 0 bridgehead atoms. The molecule has 0 radical (unpaired) electrons. The van der Waals surface area contributed by atoms with Crippen molar-refractivity contribution in [2.75, 3.05) is 0 Å². The van der Waals surface area contributed by atoms with E-state index in [1.807, 2.05) is 76.0 Å². The number of rotatable bonds is 5. The van der Waals surface area contributed by atoms with Crippen LogP contribution in [0.2, 0.25) is 5.02 Å². The molecule has 0 saturated heterocycles. The Labute approximate surface area is 176 Å². The van der Waals surface area contributed by atoms with Gasteiger partial charge < -0.3 is 4.40 Å². The molecule has 29 heavy (non-hydrogen) atoms. The minimum atomic E-state index is 0.684. The SMILES string of the molecule is Clc1ccc(-n2c(SCc3cn4ccccc4n3)nnc2-c2ccncc2)cc1. The van der Waals surface area contributed by atoms with E-state index in [1.165, 1.54) is 0 Å². The van der Waals surface area contributed by atoms with Crippen molar-refractivity contribution in [2.45, 2.75) is 10.9 Å². The molecule has 0 fully saturated rings. The van der Waals surface area contributed by atoms with Crippen LogP contribution >= 0.6 is 23.4 Å². The maximum Gasteiger partial charge on any atom is 0.196 e. The third kappa shape index (κ3) is 3.62. The Morgan fingerprint density at radius 3 is 2.55 bits per heavy atom. The average molecular weight is 419 g/mol. The molecular weight excluding hydrogens is 404 g/mol. The van der Waals surface area contributed by atoms with E-state index in [2.05, 4.69) is 20.2 Å². The van der Waals surface area contributed by atoms with E-state index in [4.69, 9.17) is 11.6 Å². The molecule has 0 aliphatic heterocycles. The fourth-order valence-electron chi connectivity index (χ4n) is 3.07. The summed E-state index contributed by atoms with van der Waals surface area (Å²) in [6, 6.07) is 17.5. The summed E-state index contributed by atoms with van der Waals surface area (Å²) in [4.78, 5) is 8.76. The molecule has 0 aliphatic carbocycles. The summed E-state index contributed by atoms with van der Waals surface area (Å²) in [6.45, 7) is 0. The lowest BCUT2D eigenvalue weighted by Crippen LogP contribution is -1.99. The zero-order valence-corrected chi connectivity index (χ0v) is 16.8. The molecular formula is C21H15ClN6S. The van der Waals surface area contributed by atoms with Gasteiger partial charge in [-0.05, 0) is 48.5 Å². The number of nitrogens with zero attached hydrogens (tertiary/aromatic N) is 6. The zero-order chi connectivity index (χ0) is 19.6. The number of aromatic nitrogens is 6. The highest BCUT2D eigenvalue weighted by atomic mass is 35.5. The van der Waals surface area contributed by atoms with Crippen LogP contribution in [-0.2, 0) is 5.75 Å². The largest absolute Gasteiger partial charge is 0.307 e. The zero-order valence-electron chi connectivity index (χ0n) is 15.2. The van der Waals surface area contributed by atoms with Crippen LogP contribution in [0.25, 0.3) is 22.7 Å². The molecule has 4 heterocycles. The van der Waals surface area contributed by atoms with Gasteiger partial charge in [-0.25, -0.2) is 4.98 Å². The smallest absolute Gasteiger partial charge is 0.196 e. The lowest BCUT2D eigenvalue weighted by atomic mass is 10.2. The van der Waals surface area contributed by atoms with Crippen molar-refractivity contribution in [3.8, 4) is 17.1 Å². The maximum absolute atomic E-state index is 6.08. The van der Waals surface area contributed by atoms with Crippen molar-refractivity contribution < 1.29 is 0 Å². The molecule has 0 N–H and O–H groups in total. The molecule has 0 amide bonds. The number of imidazole rings is 1. The van der Waals surface area contributed by atoms with E-state index in [0.717, 1.165) is 33.6 Å². The maximum atomic E-state index is 6.08. The van der Waals surface area contributed by atoms with Gasteiger partial charge in [-0.1, -0.05) is 29.4 Å². The lowest BCUT2D eigenvalue weighted by Gasteiger charge is -2.10. The second-order valence-electron chi connectivity index (χ2n) is 6.34. The Hall–Kier alpha value is -3.16. The van der Waals surface area contributed by atoms with Gasteiger partial charge in [0.1, 0.15) is 5.65 Å². The quantitative estimate of drug-likeness (QED) is 0.379. The van der Waals surface area contributed by atoms with Crippen molar-refractivity contribution in [3.63, 3.8) is 0 Å². The minimum Gasteiger partial charge on any atom is -0.307 e. The highest BCUT2D eigenvalue weighted by Gasteiger charge is 2.17. The Morgan fingerprint density at radius 1 is 0.931 bits per heavy atom. The Morgan fingerprint density at radius 2 is 1.76 bits per heavy atom. The van der Waals surface area contributed by atoms with Crippen LogP contribution in [0.15, 0.2) is 84.5 Å². The highest BCUT2D eigenvalue weighted by Crippen LogP contribution is 2.30. The minimum absolute atomic E-state index is 0.684. The van der Waals surface area contributed by atoms with Crippen LogP contribution in [0.4, 0.5) is 0 Å². The number of hydrogen-bond acceptors (Lipinski definition) is 5. The van der Waals surface area contributed by atoms with Crippen LogP contribution in [-0.4, -0.2) is 29.1 Å². The Balaban J connectivity index is 1.52. The topological polar surface area (TPSA) is 60.9 Å². The number of fused-ring (bicyclic) bond motifs is 1.